The molecule has 2 amide bonds. The maximum atomic E-state index is 11.7. The molecule has 8 nitrogen and oxygen atoms in total. The van der Waals surface area contributed by atoms with Crippen molar-refractivity contribution in [3.8, 4) is 0 Å². The molecular weight excluding hydrogens is 288 g/mol. The van der Waals surface area contributed by atoms with E-state index in [-0.39, 0.29) is 6.04 Å². The topological polar surface area (TPSA) is 130 Å². The van der Waals surface area contributed by atoms with E-state index in [9.17, 15) is 22.8 Å². The van der Waals surface area contributed by atoms with Gasteiger partial charge >= 0.3 is 5.97 Å². The number of hydrogen-bond donors (Lipinski definition) is 3. The van der Waals surface area contributed by atoms with E-state index in [1.165, 1.54) is 0 Å². The lowest BCUT2D eigenvalue weighted by Gasteiger charge is -2.15. The maximum absolute atomic E-state index is 11.7. The Morgan fingerprint density at radius 2 is 1.75 bits per heavy atom. The minimum atomic E-state index is -3.93. The number of sulfone groups is 1. The fraction of sp³-hybridized carbons (Fsp3) is 0.727. The summed E-state index contributed by atoms with van der Waals surface area (Å²) in [4.78, 5) is 33.1. The Morgan fingerprint density at radius 3 is 2.15 bits per heavy atom. The minimum absolute atomic E-state index is 0.164. The summed E-state index contributed by atoms with van der Waals surface area (Å²) in [6, 6.07) is -1.72. The highest BCUT2D eigenvalue weighted by Gasteiger charge is 2.27. The van der Waals surface area contributed by atoms with Crippen LogP contribution in [0.4, 0.5) is 0 Å². The molecule has 0 aliphatic carbocycles. The Balaban J connectivity index is 4.67. The number of amides is 2. The second-order valence-electron chi connectivity index (χ2n) is 4.52. The van der Waals surface area contributed by atoms with Gasteiger partial charge in [-0.3, -0.25) is 9.59 Å². The van der Waals surface area contributed by atoms with Crippen LogP contribution in [-0.2, 0) is 24.2 Å². The summed E-state index contributed by atoms with van der Waals surface area (Å²) in [5.41, 5.74) is 0. The van der Waals surface area contributed by atoms with Crippen LogP contribution in [-0.4, -0.2) is 54.9 Å². The zero-order valence-corrected chi connectivity index (χ0v) is 12.5. The van der Waals surface area contributed by atoms with Gasteiger partial charge < -0.3 is 15.7 Å². The van der Waals surface area contributed by atoms with Crippen LogP contribution in [0.2, 0.25) is 0 Å². The van der Waals surface area contributed by atoms with Crippen LogP contribution in [0.3, 0.4) is 0 Å². The molecule has 0 spiro atoms. The molecule has 2 unspecified atom stereocenters. The quantitative estimate of drug-likeness (QED) is 0.522. The Hall–Kier alpha value is -1.64. The summed E-state index contributed by atoms with van der Waals surface area (Å²) in [7, 11) is -3.93. The molecule has 2 atom stereocenters. The number of carbonyl (C=O) groups excluding carboxylic acids is 2. The first-order valence-corrected chi connectivity index (χ1v) is 7.89. The predicted molar refractivity (Wildman–Crippen MR) is 71.8 cm³/mol. The van der Waals surface area contributed by atoms with Crippen LogP contribution in [0.25, 0.3) is 0 Å². The number of carbonyl (C=O) groups is 3. The Kier molecular flexibility index (Phi) is 7.19. The Morgan fingerprint density at radius 1 is 1.20 bits per heavy atom. The van der Waals surface area contributed by atoms with Gasteiger partial charge in [0.05, 0.1) is 5.75 Å². The van der Waals surface area contributed by atoms with Crippen LogP contribution in [0.5, 0.6) is 0 Å². The van der Waals surface area contributed by atoms with Crippen LogP contribution >= 0.6 is 0 Å². The van der Waals surface area contributed by atoms with Crippen LogP contribution < -0.4 is 10.6 Å². The molecule has 0 saturated heterocycles. The minimum Gasteiger partial charge on any atom is -0.480 e. The molecule has 116 valence electrons. The molecule has 0 aromatic heterocycles. The highest BCUT2D eigenvalue weighted by Crippen LogP contribution is 1.98. The van der Waals surface area contributed by atoms with Crippen molar-refractivity contribution < 1.29 is 27.9 Å². The van der Waals surface area contributed by atoms with E-state index in [0.29, 0.717) is 6.42 Å². The number of aliphatic carboxylic acids is 1. The summed E-state index contributed by atoms with van der Waals surface area (Å²) >= 11 is 0. The molecule has 0 aromatic carbocycles. The van der Waals surface area contributed by atoms with E-state index in [1.54, 1.807) is 6.92 Å². The molecule has 0 radical (unpaired) electrons. The Bertz CT molecular complexity index is 473. The molecule has 0 fully saturated rings. The monoisotopic (exact) mass is 308 g/mol. The maximum Gasteiger partial charge on any atom is 0.327 e. The highest BCUT2D eigenvalue weighted by molar-refractivity contribution is 7.92. The van der Waals surface area contributed by atoms with Crippen LogP contribution in [0, 0.1) is 0 Å². The molecule has 0 aliphatic heterocycles. The van der Waals surface area contributed by atoms with Crippen molar-refractivity contribution in [2.75, 3.05) is 11.5 Å². The molecule has 0 aromatic rings. The third kappa shape index (κ3) is 7.72. The molecule has 0 heterocycles. The number of hydrogen-bond acceptors (Lipinski definition) is 5. The predicted octanol–water partition coefficient (Wildman–Crippen LogP) is -1.09. The zero-order valence-electron chi connectivity index (χ0n) is 11.7. The van der Waals surface area contributed by atoms with Crippen LogP contribution in [0.1, 0.15) is 27.2 Å². The highest BCUT2D eigenvalue weighted by atomic mass is 32.2. The van der Waals surface area contributed by atoms with E-state index in [2.05, 4.69) is 5.32 Å². The van der Waals surface area contributed by atoms with Crippen molar-refractivity contribution in [2.24, 2.45) is 0 Å². The normalized spacial score (nSPS) is 14.2. The van der Waals surface area contributed by atoms with E-state index >= 15 is 0 Å². The summed E-state index contributed by atoms with van der Waals surface area (Å²) in [5, 5.41) is 13.3. The number of carboxylic acids is 1. The van der Waals surface area contributed by atoms with Gasteiger partial charge in [-0.2, -0.15) is 0 Å². The lowest BCUT2D eigenvalue weighted by atomic mass is 10.3. The van der Waals surface area contributed by atoms with Gasteiger partial charge in [-0.15, -0.1) is 0 Å². The van der Waals surface area contributed by atoms with Crippen molar-refractivity contribution in [1.82, 2.24) is 10.6 Å². The Labute approximate surface area is 117 Å². The molecule has 9 heteroatoms. The molecular formula is C11H20N2O6S. The van der Waals surface area contributed by atoms with E-state index < -0.39 is 45.2 Å². The largest absolute Gasteiger partial charge is 0.480 e. The first kappa shape index (κ1) is 18.4. The fourth-order valence-corrected chi connectivity index (χ4v) is 2.69. The third-order valence-electron chi connectivity index (χ3n) is 2.47. The van der Waals surface area contributed by atoms with Gasteiger partial charge in [0.25, 0.3) is 0 Å². The smallest absolute Gasteiger partial charge is 0.327 e. The molecule has 3 N–H and O–H groups in total. The first-order valence-electron chi connectivity index (χ1n) is 6.07. The summed E-state index contributed by atoms with van der Waals surface area (Å²) in [6.07, 6.45) is 0.648. The lowest BCUT2D eigenvalue weighted by Crippen LogP contribution is -2.46. The summed E-state index contributed by atoms with van der Waals surface area (Å²) < 4.78 is 23.5. The van der Waals surface area contributed by atoms with E-state index in [0.717, 1.165) is 6.92 Å². The molecule has 20 heavy (non-hydrogen) atoms. The van der Waals surface area contributed by atoms with E-state index in [1.807, 2.05) is 12.2 Å². The van der Waals surface area contributed by atoms with Gasteiger partial charge in [0.1, 0.15) is 11.8 Å². The molecule has 0 rings (SSSR count). The van der Waals surface area contributed by atoms with E-state index in [4.69, 9.17) is 5.11 Å². The van der Waals surface area contributed by atoms with Gasteiger partial charge in [0.2, 0.25) is 11.8 Å². The average Bonchev–Trinajstić information content (AvgIpc) is 2.25. The lowest BCUT2D eigenvalue weighted by molar-refractivity contribution is -0.140. The molecule has 0 aliphatic rings. The fourth-order valence-electron chi connectivity index (χ4n) is 1.35. The van der Waals surface area contributed by atoms with Gasteiger partial charge in [0, 0.05) is 13.0 Å². The van der Waals surface area contributed by atoms with Crippen molar-refractivity contribution in [2.45, 2.75) is 39.3 Å². The number of nitrogens with one attached hydrogen (secondary N) is 2. The van der Waals surface area contributed by atoms with Crippen molar-refractivity contribution >= 4 is 27.6 Å². The van der Waals surface area contributed by atoms with Crippen molar-refractivity contribution in [3.05, 3.63) is 0 Å². The summed E-state index contributed by atoms with van der Waals surface area (Å²) in [5.74, 6) is -4.44. The van der Waals surface area contributed by atoms with Crippen molar-refractivity contribution in [1.29, 1.82) is 0 Å². The third-order valence-corrected chi connectivity index (χ3v) is 4.01. The van der Waals surface area contributed by atoms with Crippen molar-refractivity contribution in [3.63, 3.8) is 0 Å². The molecule has 0 saturated carbocycles. The number of rotatable bonds is 8. The molecule has 0 bridgehead atoms. The van der Waals surface area contributed by atoms with Gasteiger partial charge in [0.15, 0.2) is 9.84 Å². The van der Waals surface area contributed by atoms with Gasteiger partial charge in [-0.25, -0.2) is 13.2 Å². The van der Waals surface area contributed by atoms with Gasteiger partial charge in [-0.1, -0.05) is 6.92 Å². The second kappa shape index (κ2) is 7.83. The zero-order chi connectivity index (χ0) is 15.9. The second-order valence-corrected chi connectivity index (χ2v) is 6.63. The first-order chi connectivity index (χ1) is 9.07. The SMILES string of the molecule is CCC(C)NC(=O)CS(=O)(=O)CC(NC(C)=O)C(=O)O. The van der Waals surface area contributed by atoms with Gasteiger partial charge in [-0.05, 0) is 13.3 Å². The number of carboxylic acid groups (broad SMARTS) is 1. The van der Waals surface area contributed by atoms with Crippen LogP contribution in [0.15, 0.2) is 0 Å². The summed E-state index contributed by atoms with van der Waals surface area (Å²) in [6.45, 7) is 4.64. The standard InChI is InChI=1S/C11H20N2O6S/c1-4-7(2)12-10(15)6-20(18,19)5-9(11(16)17)13-8(3)14/h7,9H,4-6H2,1-3H3,(H,12,15)(H,13,14)(H,16,17). The average molecular weight is 308 g/mol.